The van der Waals surface area contributed by atoms with Crippen LogP contribution in [0, 0.1) is 0 Å². The van der Waals surface area contributed by atoms with Gasteiger partial charge in [0.2, 0.25) is 0 Å². The van der Waals surface area contributed by atoms with E-state index in [2.05, 4.69) is 10.1 Å². The highest BCUT2D eigenvalue weighted by atomic mass is 35.5. The minimum Gasteiger partial charge on any atom is -0.465 e. The molecule has 0 aliphatic carbocycles. The highest BCUT2D eigenvalue weighted by Crippen LogP contribution is 2.15. The summed E-state index contributed by atoms with van der Waals surface area (Å²) in [5, 5.41) is 2.80. The Labute approximate surface area is 110 Å². The average Bonchev–Trinajstić information content (AvgIpc) is 2.36. The number of carbonyl (C=O) groups is 2. The van der Waals surface area contributed by atoms with Crippen LogP contribution in [0.15, 0.2) is 24.3 Å². The van der Waals surface area contributed by atoms with Gasteiger partial charge in [-0.2, -0.15) is 0 Å². The summed E-state index contributed by atoms with van der Waals surface area (Å²) in [6.07, 6.45) is -0.692. The van der Waals surface area contributed by atoms with E-state index in [4.69, 9.17) is 16.3 Å². The first-order valence-corrected chi connectivity index (χ1v) is 5.81. The van der Waals surface area contributed by atoms with Crippen LogP contribution in [0.2, 0.25) is 5.02 Å². The molecule has 5 nitrogen and oxygen atoms in total. The molecule has 18 heavy (non-hydrogen) atoms. The van der Waals surface area contributed by atoms with E-state index >= 15 is 0 Å². The van der Waals surface area contributed by atoms with E-state index in [-0.39, 0.29) is 19.8 Å². The molecule has 1 N–H and O–H groups in total. The molecule has 0 atom stereocenters. The smallest absolute Gasteiger partial charge is 0.407 e. The maximum absolute atomic E-state index is 11.3. The van der Waals surface area contributed by atoms with Crippen LogP contribution in [0.25, 0.3) is 0 Å². The molecule has 0 saturated heterocycles. The maximum atomic E-state index is 11.3. The van der Waals surface area contributed by atoms with Gasteiger partial charge in [-0.1, -0.05) is 29.8 Å². The molecular weight excluding hydrogens is 258 g/mol. The van der Waals surface area contributed by atoms with Crippen LogP contribution >= 0.6 is 11.6 Å². The second-order valence-corrected chi connectivity index (χ2v) is 3.73. The van der Waals surface area contributed by atoms with Crippen molar-refractivity contribution in [1.82, 2.24) is 5.32 Å². The van der Waals surface area contributed by atoms with E-state index in [1.165, 1.54) is 0 Å². The summed E-state index contributed by atoms with van der Waals surface area (Å²) < 4.78 is 9.54. The van der Waals surface area contributed by atoms with Gasteiger partial charge >= 0.3 is 12.1 Å². The highest BCUT2D eigenvalue weighted by Gasteiger charge is 2.07. The minimum atomic E-state index is -0.692. The van der Waals surface area contributed by atoms with E-state index in [1.807, 2.05) is 0 Å². The van der Waals surface area contributed by atoms with Crippen LogP contribution in [0.5, 0.6) is 0 Å². The quantitative estimate of drug-likeness (QED) is 0.833. The van der Waals surface area contributed by atoms with Crippen molar-refractivity contribution < 1.29 is 19.1 Å². The van der Waals surface area contributed by atoms with Crippen LogP contribution in [0.1, 0.15) is 12.5 Å². The standard InChI is InChI=1S/C12H14ClNO4/c1-2-17-11(15)7-14-12(16)18-8-9-5-3-4-6-10(9)13/h3-6H,2,7-8H2,1H3,(H,14,16). The van der Waals surface area contributed by atoms with Crippen LogP contribution in [-0.4, -0.2) is 25.2 Å². The second-order valence-electron chi connectivity index (χ2n) is 3.33. The molecule has 0 aliphatic rings. The molecule has 98 valence electrons. The lowest BCUT2D eigenvalue weighted by atomic mass is 10.2. The third-order valence-corrected chi connectivity index (χ3v) is 2.37. The Morgan fingerprint density at radius 3 is 2.67 bits per heavy atom. The molecule has 0 heterocycles. The van der Waals surface area contributed by atoms with Gasteiger partial charge in [-0.3, -0.25) is 4.79 Å². The molecule has 1 amide bonds. The molecule has 0 aromatic heterocycles. The summed E-state index contributed by atoms with van der Waals surface area (Å²) in [6, 6.07) is 7.03. The van der Waals surface area contributed by atoms with Crippen molar-refractivity contribution in [3.05, 3.63) is 34.9 Å². The van der Waals surface area contributed by atoms with Crippen molar-refractivity contribution in [3.63, 3.8) is 0 Å². The number of alkyl carbamates (subject to hydrolysis) is 1. The zero-order valence-electron chi connectivity index (χ0n) is 9.94. The summed E-state index contributed by atoms with van der Waals surface area (Å²) in [5.74, 6) is -0.507. The largest absolute Gasteiger partial charge is 0.465 e. The lowest BCUT2D eigenvalue weighted by Crippen LogP contribution is -2.31. The molecule has 0 saturated carbocycles. The number of amides is 1. The molecule has 6 heteroatoms. The number of ether oxygens (including phenoxy) is 2. The number of hydrogen-bond acceptors (Lipinski definition) is 4. The Bertz CT molecular complexity index is 422. The van der Waals surface area contributed by atoms with Crippen molar-refractivity contribution in [2.24, 2.45) is 0 Å². The van der Waals surface area contributed by atoms with E-state index in [0.29, 0.717) is 10.6 Å². The molecule has 0 bridgehead atoms. The number of rotatable bonds is 5. The summed E-state index contributed by atoms with van der Waals surface area (Å²) in [5.41, 5.74) is 0.699. The Balaban J connectivity index is 2.29. The SMILES string of the molecule is CCOC(=O)CNC(=O)OCc1ccccc1Cl. The third kappa shape index (κ3) is 5.05. The first-order valence-electron chi connectivity index (χ1n) is 5.43. The number of benzene rings is 1. The monoisotopic (exact) mass is 271 g/mol. The summed E-state index contributed by atoms with van der Waals surface area (Å²) >= 11 is 5.89. The van der Waals surface area contributed by atoms with E-state index in [1.54, 1.807) is 31.2 Å². The van der Waals surface area contributed by atoms with Crippen LogP contribution in [0.4, 0.5) is 4.79 Å². The molecule has 0 fully saturated rings. The lowest BCUT2D eigenvalue weighted by Gasteiger charge is -2.07. The fourth-order valence-corrected chi connectivity index (χ4v) is 1.36. The summed E-state index contributed by atoms with van der Waals surface area (Å²) in [4.78, 5) is 22.2. The maximum Gasteiger partial charge on any atom is 0.407 e. The predicted molar refractivity (Wildman–Crippen MR) is 66.3 cm³/mol. The van der Waals surface area contributed by atoms with E-state index in [9.17, 15) is 9.59 Å². The van der Waals surface area contributed by atoms with Crippen LogP contribution < -0.4 is 5.32 Å². The zero-order chi connectivity index (χ0) is 13.4. The van der Waals surface area contributed by atoms with Crippen molar-refractivity contribution >= 4 is 23.7 Å². The lowest BCUT2D eigenvalue weighted by molar-refractivity contribution is -0.141. The van der Waals surface area contributed by atoms with Crippen molar-refractivity contribution in [3.8, 4) is 0 Å². The molecule has 1 aromatic rings. The third-order valence-electron chi connectivity index (χ3n) is 2.00. The molecule has 0 radical (unpaired) electrons. The second kappa shape index (κ2) is 7.55. The van der Waals surface area contributed by atoms with Crippen molar-refractivity contribution in [2.45, 2.75) is 13.5 Å². The Morgan fingerprint density at radius 1 is 1.28 bits per heavy atom. The number of esters is 1. The first kappa shape index (κ1) is 14.3. The number of halogens is 1. The van der Waals surface area contributed by atoms with Gasteiger partial charge in [0, 0.05) is 10.6 Å². The van der Waals surface area contributed by atoms with Crippen molar-refractivity contribution in [2.75, 3.05) is 13.2 Å². The van der Waals surface area contributed by atoms with Gasteiger partial charge < -0.3 is 14.8 Å². The van der Waals surface area contributed by atoms with E-state index < -0.39 is 12.1 Å². The normalized spacial score (nSPS) is 9.67. The Morgan fingerprint density at radius 2 is 2.00 bits per heavy atom. The number of hydrogen-bond donors (Lipinski definition) is 1. The average molecular weight is 272 g/mol. The highest BCUT2D eigenvalue weighted by molar-refractivity contribution is 6.31. The summed E-state index contributed by atoms with van der Waals surface area (Å²) in [6.45, 7) is 1.80. The van der Waals surface area contributed by atoms with Gasteiger partial charge in [0.15, 0.2) is 0 Å². The van der Waals surface area contributed by atoms with Gasteiger partial charge in [-0.25, -0.2) is 4.79 Å². The Kier molecular flexibility index (Phi) is 6.00. The van der Waals surface area contributed by atoms with Gasteiger partial charge in [0.25, 0.3) is 0 Å². The molecule has 0 aliphatic heterocycles. The minimum absolute atomic E-state index is 0.0499. The van der Waals surface area contributed by atoms with Gasteiger partial charge in [0.1, 0.15) is 13.2 Å². The number of nitrogens with one attached hydrogen (secondary N) is 1. The Hall–Kier alpha value is -1.75. The van der Waals surface area contributed by atoms with Crippen LogP contribution in [0.3, 0.4) is 0 Å². The topological polar surface area (TPSA) is 64.6 Å². The molecule has 1 aromatic carbocycles. The van der Waals surface area contributed by atoms with Gasteiger partial charge in [-0.15, -0.1) is 0 Å². The predicted octanol–water partition coefficient (Wildman–Crippen LogP) is 2.13. The van der Waals surface area contributed by atoms with Crippen molar-refractivity contribution in [1.29, 1.82) is 0 Å². The fraction of sp³-hybridized carbons (Fsp3) is 0.333. The molecule has 0 spiro atoms. The number of carbonyl (C=O) groups excluding carboxylic acids is 2. The fourth-order valence-electron chi connectivity index (χ4n) is 1.17. The van der Waals surface area contributed by atoms with Gasteiger partial charge in [0.05, 0.1) is 6.61 Å². The molecular formula is C12H14ClNO4. The molecule has 1 rings (SSSR count). The van der Waals surface area contributed by atoms with Gasteiger partial charge in [-0.05, 0) is 13.0 Å². The zero-order valence-corrected chi connectivity index (χ0v) is 10.7. The summed E-state index contributed by atoms with van der Waals surface area (Å²) in [7, 11) is 0. The molecule has 0 unspecified atom stereocenters. The van der Waals surface area contributed by atoms with Crippen LogP contribution in [-0.2, 0) is 20.9 Å². The first-order chi connectivity index (χ1) is 8.63. The van der Waals surface area contributed by atoms with E-state index in [0.717, 1.165) is 0 Å².